The Kier molecular flexibility index (Phi) is 5.19. The number of carbonyl (C=O) groups is 2. The second-order valence-electron chi connectivity index (χ2n) is 7.07. The third-order valence-corrected chi connectivity index (χ3v) is 5.51. The molecular formula is C19H26N2O3. The molecule has 24 heavy (non-hydrogen) atoms. The maximum absolute atomic E-state index is 12.5. The number of fused-ring (bicyclic) bond motifs is 1. The standard InChI is InChI=1S/C19H26N2O3/c1-13(14-7-3-2-4-8-14)20-18(22)12-21-16-10-6-5-9-15(16)11-17(21)19(23)24/h2-4,7-8,13,15-17H,5-6,9-12H2,1H3,(H,20,22)(H,23,24)/t13-,15-,16-,17-/m0/s1. The zero-order chi connectivity index (χ0) is 17.1. The number of nitrogens with one attached hydrogen (secondary N) is 1. The number of benzene rings is 1. The molecule has 130 valence electrons. The molecule has 1 aliphatic carbocycles. The molecule has 5 nitrogen and oxygen atoms in total. The average Bonchev–Trinajstić information content (AvgIpc) is 2.94. The van der Waals surface area contributed by atoms with Gasteiger partial charge in [0.2, 0.25) is 5.91 Å². The number of hydrogen-bond acceptors (Lipinski definition) is 3. The Labute approximate surface area is 143 Å². The Bertz CT molecular complexity index is 590. The van der Waals surface area contributed by atoms with Crippen LogP contribution in [0.25, 0.3) is 0 Å². The molecule has 1 aromatic carbocycles. The Morgan fingerprint density at radius 1 is 1.25 bits per heavy atom. The summed E-state index contributed by atoms with van der Waals surface area (Å²) < 4.78 is 0. The normalized spacial score (nSPS) is 28.1. The van der Waals surface area contributed by atoms with Crippen LogP contribution in [0.2, 0.25) is 0 Å². The molecule has 0 spiro atoms. The molecule has 2 N–H and O–H groups in total. The summed E-state index contributed by atoms with van der Waals surface area (Å²) in [5.74, 6) is -0.462. The van der Waals surface area contributed by atoms with Gasteiger partial charge in [0.25, 0.3) is 0 Å². The fourth-order valence-electron chi connectivity index (χ4n) is 4.30. The first-order valence-corrected chi connectivity index (χ1v) is 8.89. The number of carboxylic acids is 1. The van der Waals surface area contributed by atoms with Gasteiger partial charge in [-0.25, -0.2) is 0 Å². The van der Waals surface area contributed by atoms with Crippen molar-refractivity contribution in [2.75, 3.05) is 6.54 Å². The fourth-order valence-corrected chi connectivity index (χ4v) is 4.30. The van der Waals surface area contributed by atoms with Gasteiger partial charge in [-0.05, 0) is 37.7 Å². The van der Waals surface area contributed by atoms with Crippen LogP contribution in [0.15, 0.2) is 30.3 Å². The Morgan fingerprint density at radius 2 is 1.96 bits per heavy atom. The van der Waals surface area contributed by atoms with Crippen molar-refractivity contribution in [3.63, 3.8) is 0 Å². The monoisotopic (exact) mass is 330 g/mol. The van der Waals surface area contributed by atoms with Gasteiger partial charge in [-0.2, -0.15) is 0 Å². The molecule has 1 aliphatic heterocycles. The number of amides is 1. The summed E-state index contributed by atoms with van der Waals surface area (Å²) >= 11 is 0. The zero-order valence-corrected chi connectivity index (χ0v) is 14.1. The molecule has 5 heteroatoms. The van der Waals surface area contributed by atoms with Crippen molar-refractivity contribution in [2.24, 2.45) is 5.92 Å². The van der Waals surface area contributed by atoms with Gasteiger partial charge in [0.1, 0.15) is 6.04 Å². The van der Waals surface area contributed by atoms with E-state index in [0.29, 0.717) is 12.3 Å². The minimum atomic E-state index is -0.798. The highest BCUT2D eigenvalue weighted by Crippen LogP contribution is 2.39. The van der Waals surface area contributed by atoms with Crippen LogP contribution in [0, 0.1) is 5.92 Å². The lowest BCUT2D eigenvalue weighted by Gasteiger charge is -2.32. The summed E-state index contributed by atoms with van der Waals surface area (Å²) in [5.41, 5.74) is 1.05. The molecule has 0 aromatic heterocycles. The molecule has 0 radical (unpaired) electrons. The van der Waals surface area contributed by atoms with E-state index < -0.39 is 12.0 Å². The summed E-state index contributed by atoms with van der Waals surface area (Å²) in [7, 11) is 0. The topological polar surface area (TPSA) is 69.6 Å². The molecule has 4 atom stereocenters. The third-order valence-electron chi connectivity index (χ3n) is 5.51. The maximum atomic E-state index is 12.5. The van der Waals surface area contributed by atoms with Crippen LogP contribution in [-0.4, -0.2) is 40.5 Å². The largest absolute Gasteiger partial charge is 0.480 e. The molecule has 2 aliphatic rings. The Morgan fingerprint density at radius 3 is 2.67 bits per heavy atom. The highest BCUT2D eigenvalue weighted by molar-refractivity contribution is 5.80. The van der Waals surface area contributed by atoms with E-state index in [1.807, 2.05) is 42.2 Å². The number of carbonyl (C=O) groups excluding carboxylic acids is 1. The molecule has 2 fully saturated rings. The van der Waals surface area contributed by atoms with Crippen LogP contribution >= 0.6 is 0 Å². The van der Waals surface area contributed by atoms with E-state index in [1.54, 1.807) is 0 Å². The number of rotatable bonds is 5. The van der Waals surface area contributed by atoms with Gasteiger partial charge in [0.15, 0.2) is 0 Å². The van der Waals surface area contributed by atoms with Crippen LogP contribution in [0.4, 0.5) is 0 Å². The summed E-state index contributed by atoms with van der Waals surface area (Å²) in [6.45, 7) is 2.13. The average molecular weight is 330 g/mol. The number of carboxylic acid groups (broad SMARTS) is 1. The van der Waals surface area contributed by atoms with Gasteiger partial charge in [0, 0.05) is 6.04 Å². The molecule has 1 amide bonds. The van der Waals surface area contributed by atoms with Gasteiger partial charge < -0.3 is 10.4 Å². The van der Waals surface area contributed by atoms with Crippen LogP contribution < -0.4 is 5.32 Å². The zero-order valence-electron chi connectivity index (χ0n) is 14.1. The second-order valence-corrected chi connectivity index (χ2v) is 7.07. The molecule has 1 saturated heterocycles. The highest BCUT2D eigenvalue weighted by Gasteiger charge is 2.45. The van der Waals surface area contributed by atoms with Gasteiger partial charge in [0.05, 0.1) is 12.6 Å². The van der Waals surface area contributed by atoms with E-state index in [4.69, 9.17) is 0 Å². The predicted octanol–water partition coefficient (Wildman–Crippen LogP) is 2.58. The minimum absolute atomic E-state index is 0.0771. The molecule has 1 saturated carbocycles. The van der Waals surface area contributed by atoms with Crippen molar-refractivity contribution in [3.8, 4) is 0 Å². The minimum Gasteiger partial charge on any atom is -0.480 e. The quantitative estimate of drug-likeness (QED) is 0.870. The summed E-state index contributed by atoms with van der Waals surface area (Å²) in [4.78, 5) is 26.0. The van der Waals surface area contributed by atoms with Crippen molar-refractivity contribution in [1.82, 2.24) is 10.2 Å². The maximum Gasteiger partial charge on any atom is 0.320 e. The van der Waals surface area contributed by atoms with Gasteiger partial charge >= 0.3 is 5.97 Å². The van der Waals surface area contributed by atoms with Crippen molar-refractivity contribution in [3.05, 3.63) is 35.9 Å². The lowest BCUT2D eigenvalue weighted by atomic mass is 9.85. The SMILES string of the molecule is C[C@H](NC(=O)CN1[C@H](C(=O)O)C[C@@H]2CCCC[C@@H]21)c1ccccc1. The molecule has 3 rings (SSSR count). The second kappa shape index (κ2) is 7.34. The van der Waals surface area contributed by atoms with Crippen LogP contribution in [0.3, 0.4) is 0 Å². The van der Waals surface area contributed by atoms with Crippen LogP contribution in [0.5, 0.6) is 0 Å². The van der Waals surface area contributed by atoms with E-state index in [-0.39, 0.29) is 24.5 Å². The number of aliphatic carboxylic acids is 1. The van der Waals surface area contributed by atoms with Gasteiger partial charge in [-0.15, -0.1) is 0 Å². The molecular weight excluding hydrogens is 304 g/mol. The molecule has 0 bridgehead atoms. The first-order valence-electron chi connectivity index (χ1n) is 8.89. The van der Waals surface area contributed by atoms with Crippen molar-refractivity contribution in [2.45, 2.75) is 57.2 Å². The van der Waals surface area contributed by atoms with Crippen LogP contribution in [0.1, 0.15) is 50.6 Å². The van der Waals surface area contributed by atoms with E-state index >= 15 is 0 Å². The molecule has 1 aromatic rings. The summed E-state index contributed by atoms with van der Waals surface area (Å²) in [5, 5.41) is 12.5. The van der Waals surface area contributed by atoms with E-state index in [2.05, 4.69) is 5.32 Å². The fraction of sp³-hybridized carbons (Fsp3) is 0.579. The lowest BCUT2D eigenvalue weighted by molar-refractivity contribution is -0.143. The van der Waals surface area contributed by atoms with Crippen molar-refractivity contribution in [1.29, 1.82) is 0 Å². The van der Waals surface area contributed by atoms with E-state index in [9.17, 15) is 14.7 Å². The van der Waals surface area contributed by atoms with E-state index in [1.165, 1.54) is 6.42 Å². The molecule has 1 heterocycles. The number of nitrogens with zero attached hydrogens (tertiary/aromatic N) is 1. The Balaban J connectivity index is 1.64. The lowest BCUT2D eigenvalue weighted by Crippen LogP contribution is -2.47. The third kappa shape index (κ3) is 3.61. The number of likely N-dealkylation sites (tertiary alicyclic amines) is 1. The first-order chi connectivity index (χ1) is 11.6. The predicted molar refractivity (Wildman–Crippen MR) is 91.5 cm³/mol. The van der Waals surface area contributed by atoms with Crippen molar-refractivity contribution >= 4 is 11.9 Å². The van der Waals surface area contributed by atoms with E-state index in [0.717, 1.165) is 24.8 Å². The Hall–Kier alpha value is -1.88. The highest BCUT2D eigenvalue weighted by atomic mass is 16.4. The summed E-state index contributed by atoms with van der Waals surface area (Å²) in [6, 6.07) is 9.47. The summed E-state index contributed by atoms with van der Waals surface area (Å²) in [6.07, 6.45) is 5.09. The van der Waals surface area contributed by atoms with Gasteiger partial charge in [-0.1, -0.05) is 43.2 Å². The molecule has 0 unspecified atom stereocenters. The number of hydrogen-bond donors (Lipinski definition) is 2. The van der Waals surface area contributed by atoms with Crippen molar-refractivity contribution < 1.29 is 14.7 Å². The first kappa shape index (κ1) is 17.0. The van der Waals surface area contributed by atoms with Gasteiger partial charge in [-0.3, -0.25) is 14.5 Å². The van der Waals surface area contributed by atoms with Crippen LogP contribution in [-0.2, 0) is 9.59 Å². The smallest absolute Gasteiger partial charge is 0.320 e.